The molecule has 1 N–H and O–H groups in total. The van der Waals surface area contributed by atoms with Crippen LogP contribution in [0, 0.1) is 0 Å². The molecule has 6 nitrogen and oxygen atoms in total. The molecule has 0 amide bonds. The quantitative estimate of drug-likeness (QED) is 0.885. The van der Waals surface area contributed by atoms with Crippen LogP contribution in [0.4, 0.5) is 17.3 Å². The Morgan fingerprint density at radius 1 is 0.893 bits per heavy atom. The van der Waals surface area contributed by atoms with Gasteiger partial charge in [0.15, 0.2) is 0 Å². The average Bonchev–Trinajstić information content (AvgIpc) is 3.18. The molecule has 1 aromatic heterocycles. The highest BCUT2D eigenvalue weighted by Crippen LogP contribution is 2.34. The Balaban J connectivity index is 1.24. The number of nitrogens with zero attached hydrogens (tertiary/aromatic N) is 5. The van der Waals surface area contributed by atoms with Crippen LogP contribution in [0.2, 0.25) is 0 Å². The SMILES string of the molecule is OC1CCN(C2CCN(c3ncc4c(n3)CCN4c3ccccc3)CC2)CC1. The summed E-state index contributed by atoms with van der Waals surface area (Å²) in [5.74, 6) is 0.890. The van der Waals surface area contributed by atoms with Gasteiger partial charge in [0, 0.05) is 50.9 Å². The lowest BCUT2D eigenvalue weighted by Gasteiger charge is -2.41. The van der Waals surface area contributed by atoms with Crippen LogP contribution in [0.3, 0.4) is 0 Å². The van der Waals surface area contributed by atoms with Crippen molar-refractivity contribution in [2.45, 2.75) is 44.2 Å². The van der Waals surface area contributed by atoms with Gasteiger partial charge in [-0.15, -0.1) is 0 Å². The number of piperidine rings is 2. The number of para-hydroxylation sites is 1. The van der Waals surface area contributed by atoms with Crippen LogP contribution in [-0.2, 0) is 6.42 Å². The van der Waals surface area contributed by atoms with E-state index < -0.39 is 0 Å². The van der Waals surface area contributed by atoms with E-state index in [0.717, 1.165) is 76.5 Å². The summed E-state index contributed by atoms with van der Waals surface area (Å²) in [4.78, 5) is 16.9. The van der Waals surface area contributed by atoms with Crippen molar-refractivity contribution in [3.8, 4) is 0 Å². The van der Waals surface area contributed by atoms with Gasteiger partial charge in [-0.05, 0) is 37.8 Å². The molecule has 0 atom stereocenters. The molecule has 3 aliphatic heterocycles. The highest BCUT2D eigenvalue weighted by Gasteiger charge is 2.29. The molecule has 0 unspecified atom stereocenters. The van der Waals surface area contributed by atoms with Crippen LogP contribution < -0.4 is 9.80 Å². The number of aromatic nitrogens is 2. The number of aliphatic hydroxyl groups is 1. The molecule has 2 fully saturated rings. The van der Waals surface area contributed by atoms with E-state index in [1.807, 2.05) is 6.20 Å². The van der Waals surface area contributed by atoms with Gasteiger partial charge in [-0.3, -0.25) is 0 Å². The fourth-order valence-electron chi connectivity index (χ4n) is 4.86. The highest BCUT2D eigenvalue weighted by atomic mass is 16.3. The Morgan fingerprint density at radius 2 is 1.64 bits per heavy atom. The first-order chi connectivity index (χ1) is 13.8. The number of benzene rings is 1. The second-order valence-electron chi connectivity index (χ2n) is 8.22. The summed E-state index contributed by atoms with van der Waals surface area (Å²) in [7, 11) is 0. The lowest BCUT2D eigenvalue weighted by atomic mass is 9.99. The molecule has 0 bridgehead atoms. The fourth-order valence-corrected chi connectivity index (χ4v) is 4.86. The largest absolute Gasteiger partial charge is 0.393 e. The standard InChI is InChI=1S/C22H29N5O/c28-19-8-13-25(14-9-19)17-6-11-26(12-7-17)22-23-16-21-20(24-22)10-15-27(21)18-4-2-1-3-5-18/h1-5,16-17,19,28H,6-15H2. The molecule has 0 saturated carbocycles. The molecule has 0 radical (unpaired) electrons. The van der Waals surface area contributed by atoms with E-state index in [4.69, 9.17) is 9.97 Å². The molecule has 4 heterocycles. The second-order valence-corrected chi connectivity index (χ2v) is 8.22. The lowest BCUT2D eigenvalue weighted by molar-refractivity contribution is 0.0541. The first-order valence-electron chi connectivity index (χ1n) is 10.6. The maximum absolute atomic E-state index is 9.73. The third-order valence-corrected chi connectivity index (χ3v) is 6.53. The van der Waals surface area contributed by atoms with E-state index in [1.165, 1.54) is 11.4 Å². The van der Waals surface area contributed by atoms with Crippen molar-refractivity contribution in [1.82, 2.24) is 14.9 Å². The number of hydrogen-bond acceptors (Lipinski definition) is 6. The maximum atomic E-state index is 9.73. The molecular weight excluding hydrogens is 350 g/mol. The number of aliphatic hydroxyl groups excluding tert-OH is 1. The van der Waals surface area contributed by atoms with E-state index in [9.17, 15) is 5.11 Å². The third-order valence-electron chi connectivity index (χ3n) is 6.53. The van der Waals surface area contributed by atoms with Crippen molar-refractivity contribution < 1.29 is 5.11 Å². The van der Waals surface area contributed by atoms with Gasteiger partial charge in [-0.1, -0.05) is 18.2 Å². The number of anilines is 3. The van der Waals surface area contributed by atoms with Crippen LogP contribution in [0.25, 0.3) is 0 Å². The van der Waals surface area contributed by atoms with E-state index in [2.05, 4.69) is 45.0 Å². The van der Waals surface area contributed by atoms with Crippen molar-refractivity contribution in [2.24, 2.45) is 0 Å². The minimum absolute atomic E-state index is 0.0911. The maximum Gasteiger partial charge on any atom is 0.225 e. The molecule has 0 aliphatic carbocycles. The number of hydrogen-bond donors (Lipinski definition) is 1. The van der Waals surface area contributed by atoms with Crippen molar-refractivity contribution in [3.05, 3.63) is 42.2 Å². The molecule has 5 rings (SSSR count). The van der Waals surface area contributed by atoms with Gasteiger partial charge in [-0.2, -0.15) is 0 Å². The van der Waals surface area contributed by atoms with E-state index in [1.54, 1.807) is 0 Å². The van der Waals surface area contributed by atoms with Crippen molar-refractivity contribution in [1.29, 1.82) is 0 Å². The molecule has 3 aliphatic rings. The summed E-state index contributed by atoms with van der Waals surface area (Å²) in [6.07, 6.45) is 7.06. The molecule has 148 valence electrons. The Kier molecular flexibility index (Phi) is 4.91. The van der Waals surface area contributed by atoms with E-state index in [0.29, 0.717) is 6.04 Å². The monoisotopic (exact) mass is 379 g/mol. The highest BCUT2D eigenvalue weighted by molar-refractivity contribution is 5.68. The fraction of sp³-hybridized carbons (Fsp3) is 0.545. The summed E-state index contributed by atoms with van der Waals surface area (Å²) < 4.78 is 0. The van der Waals surface area contributed by atoms with Crippen molar-refractivity contribution >= 4 is 17.3 Å². The molecule has 1 aromatic carbocycles. The minimum Gasteiger partial charge on any atom is -0.393 e. The average molecular weight is 380 g/mol. The molecule has 6 heteroatoms. The molecule has 28 heavy (non-hydrogen) atoms. The third kappa shape index (κ3) is 3.47. The van der Waals surface area contributed by atoms with Crippen LogP contribution in [0.1, 0.15) is 31.4 Å². The van der Waals surface area contributed by atoms with Crippen LogP contribution >= 0.6 is 0 Å². The lowest BCUT2D eigenvalue weighted by Crippen LogP contribution is -2.48. The zero-order chi connectivity index (χ0) is 18.9. The van der Waals surface area contributed by atoms with Crippen molar-refractivity contribution in [2.75, 3.05) is 42.5 Å². The zero-order valence-electron chi connectivity index (χ0n) is 16.4. The normalized spacial score (nSPS) is 21.9. The van der Waals surface area contributed by atoms with E-state index in [-0.39, 0.29) is 6.10 Å². The topological polar surface area (TPSA) is 55.7 Å². The minimum atomic E-state index is -0.0911. The van der Waals surface area contributed by atoms with Gasteiger partial charge in [0.05, 0.1) is 23.7 Å². The van der Waals surface area contributed by atoms with E-state index >= 15 is 0 Å². The predicted octanol–water partition coefficient (Wildman–Crippen LogP) is 2.60. The number of rotatable bonds is 3. The van der Waals surface area contributed by atoms with Gasteiger partial charge in [0.2, 0.25) is 5.95 Å². The Labute approximate surface area is 166 Å². The smallest absolute Gasteiger partial charge is 0.225 e. The summed E-state index contributed by atoms with van der Waals surface area (Å²) in [5, 5.41) is 9.73. The summed E-state index contributed by atoms with van der Waals surface area (Å²) >= 11 is 0. The number of likely N-dealkylation sites (tertiary alicyclic amines) is 1. The van der Waals surface area contributed by atoms with Gasteiger partial charge >= 0.3 is 0 Å². The van der Waals surface area contributed by atoms with Gasteiger partial charge < -0.3 is 19.8 Å². The molecule has 0 spiro atoms. The van der Waals surface area contributed by atoms with Gasteiger partial charge in [-0.25, -0.2) is 9.97 Å². The molecular formula is C22H29N5O. The first kappa shape index (κ1) is 17.9. The summed E-state index contributed by atoms with van der Waals surface area (Å²) in [6.45, 7) is 5.09. The first-order valence-corrected chi connectivity index (χ1v) is 10.6. The van der Waals surface area contributed by atoms with Crippen LogP contribution in [0.15, 0.2) is 36.5 Å². The second kappa shape index (κ2) is 7.68. The molecule has 2 saturated heterocycles. The zero-order valence-corrected chi connectivity index (χ0v) is 16.4. The Morgan fingerprint density at radius 3 is 2.39 bits per heavy atom. The molecule has 2 aromatic rings. The summed E-state index contributed by atoms with van der Waals surface area (Å²) in [6, 6.07) is 11.1. The predicted molar refractivity (Wildman–Crippen MR) is 111 cm³/mol. The summed E-state index contributed by atoms with van der Waals surface area (Å²) in [5.41, 5.74) is 3.53. The number of fused-ring (bicyclic) bond motifs is 1. The van der Waals surface area contributed by atoms with Crippen LogP contribution in [-0.4, -0.2) is 64.8 Å². The Bertz CT molecular complexity index is 798. The van der Waals surface area contributed by atoms with Crippen LogP contribution in [0.5, 0.6) is 0 Å². The Hall–Kier alpha value is -2.18. The van der Waals surface area contributed by atoms with Crippen molar-refractivity contribution in [3.63, 3.8) is 0 Å². The van der Waals surface area contributed by atoms with Gasteiger partial charge in [0.1, 0.15) is 0 Å². The van der Waals surface area contributed by atoms with Gasteiger partial charge in [0.25, 0.3) is 0 Å².